The molecule has 1 aromatic rings. The van der Waals surface area contributed by atoms with Crippen LogP contribution in [0.3, 0.4) is 0 Å². The standard InChI is InChI=1S/C17H25NO/c1-12-6-7-13(16(2,3)4)10-14(12)15(19)17(8-9-17)11-18-5/h6-7,10,18H,8-9,11H2,1-5H3. The fraction of sp³-hybridized carbons (Fsp3) is 0.588. The number of carbonyl (C=O) groups is 1. The molecule has 2 heteroatoms. The van der Waals surface area contributed by atoms with Gasteiger partial charge in [0.05, 0.1) is 0 Å². The van der Waals surface area contributed by atoms with Crippen molar-refractivity contribution in [1.29, 1.82) is 0 Å². The van der Waals surface area contributed by atoms with Crippen molar-refractivity contribution in [3.63, 3.8) is 0 Å². The molecule has 0 atom stereocenters. The zero-order valence-electron chi connectivity index (χ0n) is 12.8. The van der Waals surface area contributed by atoms with E-state index in [1.165, 1.54) is 5.56 Å². The van der Waals surface area contributed by atoms with Crippen LogP contribution in [0.2, 0.25) is 0 Å². The molecule has 1 fully saturated rings. The largest absolute Gasteiger partial charge is 0.319 e. The van der Waals surface area contributed by atoms with Gasteiger partial charge in [0, 0.05) is 17.5 Å². The number of benzene rings is 1. The summed E-state index contributed by atoms with van der Waals surface area (Å²) in [6.07, 6.45) is 2.04. The molecular weight excluding hydrogens is 234 g/mol. The van der Waals surface area contributed by atoms with Crippen LogP contribution < -0.4 is 5.32 Å². The Bertz CT molecular complexity index is 492. The summed E-state index contributed by atoms with van der Waals surface area (Å²) in [5, 5.41) is 3.16. The molecule has 2 rings (SSSR count). The number of ketones is 1. The molecule has 0 amide bonds. The van der Waals surface area contributed by atoms with Crippen LogP contribution in [0, 0.1) is 12.3 Å². The van der Waals surface area contributed by atoms with Gasteiger partial charge in [-0.25, -0.2) is 0 Å². The number of aryl methyl sites for hydroxylation is 1. The van der Waals surface area contributed by atoms with Gasteiger partial charge in [-0.3, -0.25) is 4.79 Å². The first-order valence-corrected chi connectivity index (χ1v) is 7.11. The molecule has 0 saturated heterocycles. The molecule has 104 valence electrons. The quantitative estimate of drug-likeness (QED) is 0.839. The normalized spacial score (nSPS) is 17.3. The average molecular weight is 259 g/mol. The van der Waals surface area contributed by atoms with Gasteiger partial charge in [-0.05, 0) is 49.4 Å². The Labute approximate surface area is 116 Å². The molecular formula is C17H25NO. The van der Waals surface area contributed by atoms with E-state index in [1.807, 2.05) is 14.0 Å². The van der Waals surface area contributed by atoms with Crippen LogP contribution in [0.1, 0.15) is 55.1 Å². The number of hydrogen-bond acceptors (Lipinski definition) is 2. The lowest BCUT2D eigenvalue weighted by molar-refractivity contribution is 0.0899. The highest BCUT2D eigenvalue weighted by Crippen LogP contribution is 2.48. The number of rotatable bonds is 4. The Hall–Kier alpha value is -1.15. The van der Waals surface area contributed by atoms with Gasteiger partial charge >= 0.3 is 0 Å². The minimum absolute atomic E-state index is 0.0858. The van der Waals surface area contributed by atoms with Crippen molar-refractivity contribution in [2.24, 2.45) is 5.41 Å². The number of Topliss-reactive ketones (excluding diaryl/α,β-unsaturated/α-hetero) is 1. The first-order chi connectivity index (χ1) is 8.80. The second-order valence-electron chi connectivity index (χ2n) is 6.92. The molecule has 1 aliphatic rings. The highest BCUT2D eigenvalue weighted by molar-refractivity contribution is 6.03. The summed E-state index contributed by atoms with van der Waals surface area (Å²) in [7, 11) is 1.92. The first-order valence-electron chi connectivity index (χ1n) is 7.11. The van der Waals surface area contributed by atoms with Crippen LogP contribution in [0.25, 0.3) is 0 Å². The van der Waals surface area contributed by atoms with Gasteiger partial charge in [0.2, 0.25) is 0 Å². The van der Waals surface area contributed by atoms with E-state index >= 15 is 0 Å². The molecule has 0 aromatic heterocycles. The van der Waals surface area contributed by atoms with Crippen molar-refractivity contribution >= 4 is 5.78 Å². The topological polar surface area (TPSA) is 29.1 Å². The monoisotopic (exact) mass is 259 g/mol. The lowest BCUT2D eigenvalue weighted by Crippen LogP contribution is -2.28. The second kappa shape index (κ2) is 4.75. The highest BCUT2D eigenvalue weighted by Gasteiger charge is 2.49. The molecule has 2 nitrogen and oxygen atoms in total. The maximum atomic E-state index is 12.8. The summed E-state index contributed by atoms with van der Waals surface area (Å²) in [6, 6.07) is 6.33. The second-order valence-corrected chi connectivity index (χ2v) is 6.92. The van der Waals surface area contributed by atoms with E-state index in [0.29, 0.717) is 5.78 Å². The number of nitrogens with one attached hydrogen (secondary N) is 1. The predicted molar refractivity (Wildman–Crippen MR) is 79.8 cm³/mol. The Morgan fingerprint density at radius 1 is 1.32 bits per heavy atom. The van der Waals surface area contributed by atoms with Crippen molar-refractivity contribution in [2.45, 2.75) is 46.0 Å². The van der Waals surface area contributed by atoms with Crippen molar-refractivity contribution in [2.75, 3.05) is 13.6 Å². The van der Waals surface area contributed by atoms with Crippen LogP contribution in [0.4, 0.5) is 0 Å². The van der Waals surface area contributed by atoms with Gasteiger partial charge in [0.1, 0.15) is 0 Å². The minimum atomic E-state index is -0.129. The van der Waals surface area contributed by atoms with Crippen molar-refractivity contribution in [3.05, 3.63) is 34.9 Å². The summed E-state index contributed by atoms with van der Waals surface area (Å²) in [5.74, 6) is 0.324. The van der Waals surface area contributed by atoms with Gasteiger partial charge in [0.15, 0.2) is 5.78 Å². The van der Waals surface area contributed by atoms with E-state index in [9.17, 15) is 4.79 Å². The fourth-order valence-corrected chi connectivity index (χ4v) is 2.59. The summed E-state index contributed by atoms with van der Waals surface area (Å²) in [5.41, 5.74) is 3.21. The lowest BCUT2D eigenvalue weighted by Gasteiger charge is -2.22. The van der Waals surface area contributed by atoms with Crippen LogP contribution in [0.15, 0.2) is 18.2 Å². The van der Waals surface area contributed by atoms with Crippen molar-refractivity contribution in [1.82, 2.24) is 5.32 Å². The molecule has 1 N–H and O–H groups in total. The molecule has 1 aromatic carbocycles. The number of hydrogen-bond donors (Lipinski definition) is 1. The van der Waals surface area contributed by atoms with Gasteiger partial charge in [-0.2, -0.15) is 0 Å². The van der Waals surface area contributed by atoms with Crippen LogP contribution in [0.5, 0.6) is 0 Å². The fourth-order valence-electron chi connectivity index (χ4n) is 2.59. The molecule has 0 spiro atoms. The van der Waals surface area contributed by atoms with Gasteiger partial charge in [-0.1, -0.05) is 32.9 Å². The molecule has 0 radical (unpaired) electrons. The third-order valence-electron chi connectivity index (χ3n) is 4.20. The minimum Gasteiger partial charge on any atom is -0.319 e. The van der Waals surface area contributed by atoms with E-state index in [1.54, 1.807) is 0 Å². The Morgan fingerprint density at radius 3 is 2.42 bits per heavy atom. The molecule has 0 bridgehead atoms. The van der Waals surface area contributed by atoms with Crippen molar-refractivity contribution in [3.8, 4) is 0 Å². The third kappa shape index (κ3) is 2.74. The summed E-state index contributed by atoms with van der Waals surface area (Å²) >= 11 is 0. The zero-order chi connectivity index (χ0) is 14.3. The summed E-state index contributed by atoms with van der Waals surface area (Å²) < 4.78 is 0. The predicted octanol–water partition coefficient (Wildman–Crippen LogP) is 3.47. The van der Waals surface area contributed by atoms with Crippen LogP contribution in [-0.2, 0) is 5.41 Å². The molecule has 0 unspecified atom stereocenters. The zero-order valence-corrected chi connectivity index (χ0v) is 12.8. The van der Waals surface area contributed by atoms with Crippen LogP contribution in [-0.4, -0.2) is 19.4 Å². The smallest absolute Gasteiger partial charge is 0.170 e. The lowest BCUT2D eigenvalue weighted by atomic mass is 9.83. The first kappa shape index (κ1) is 14.3. The number of carbonyl (C=O) groups excluding carboxylic acids is 1. The molecule has 1 aliphatic carbocycles. The van der Waals surface area contributed by atoms with Gasteiger partial charge in [0.25, 0.3) is 0 Å². The molecule has 19 heavy (non-hydrogen) atoms. The molecule has 0 aliphatic heterocycles. The maximum Gasteiger partial charge on any atom is 0.170 e. The Kier molecular flexibility index (Phi) is 3.57. The van der Waals surface area contributed by atoms with E-state index in [2.05, 4.69) is 44.3 Å². The third-order valence-corrected chi connectivity index (χ3v) is 4.20. The maximum absolute atomic E-state index is 12.8. The van der Waals surface area contributed by atoms with E-state index in [4.69, 9.17) is 0 Å². The highest BCUT2D eigenvalue weighted by atomic mass is 16.1. The van der Waals surface area contributed by atoms with E-state index < -0.39 is 0 Å². The average Bonchev–Trinajstić information content (AvgIpc) is 3.09. The Balaban J connectivity index is 2.37. The molecule has 0 heterocycles. The van der Waals surface area contributed by atoms with E-state index in [-0.39, 0.29) is 10.8 Å². The van der Waals surface area contributed by atoms with Gasteiger partial charge < -0.3 is 5.32 Å². The Morgan fingerprint density at radius 2 is 1.95 bits per heavy atom. The van der Waals surface area contributed by atoms with Crippen LogP contribution >= 0.6 is 0 Å². The molecule has 1 saturated carbocycles. The van der Waals surface area contributed by atoms with Crippen molar-refractivity contribution < 1.29 is 4.79 Å². The van der Waals surface area contributed by atoms with E-state index in [0.717, 1.165) is 30.5 Å². The summed E-state index contributed by atoms with van der Waals surface area (Å²) in [4.78, 5) is 12.8. The van der Waals surface area contributed by atoms with Gasteiger partial charge in [-0.15, -0.1) is 0 Å². The SMILES string of the molecule is CNCC1(C(=O)c2cc(C(C)(C)C)ccc2C)CC1. The summed E-state index contributed by atoms with van der Waals surface area (Å²) in [6.45, 7) is 9.39.